The van der Waals surface area contributed by atoms with Gasteiger partial charge in [0.05, 0.1) is 30.9 Å². The van der Waals surface area contributed by atoms with Crippen LogP contribution in [-0.2, 0) is 11.8 Å². The van der Waals surface area contributed by atoms with Crippen molar-refractivity contribution in [1.82, 2.24) is 0 Å². The normalized spacial score (nSPS) is 11.6. The van der Waals surface area contributed by atoms with Crippen LogP contribution in [0.4, 0.5) is 13.2 Å². The average molecular weight is 472 g/mol. The van der Waals surface area contributed by atoms with Crippen molar-refractivity contribution < 1.29 is 42.1 Å². The molecule has 1 N–H and O–H groups in total. The van der Waals surface area contributed by atoms with E-state index in [1.165, 1.54) is 50.6 Å². The molecular weight excluding hydrogens is 453 g/mol. The molecule has 176 valence electrons. The fourth-order valence-corrected chi connectivity index (χ4v) is 3.75. The minimum Gasteiger partial charge on any atom is -0.496 e. The number of aliphatic hydroxyl groups is 1. The van der Waals surface area contributed by atoms with Crippen molar-refractivity contribution in [3.8, 4) is 11.5 Å². The maximum Gasteiger partial charge on any atom is 0.417 e. The minimum atomic E-state index is -4.79. The SMILES string of the molecule is COc1ccc(C(O)(c2ccc(OC)c(C=O)c2)c2ccc(C(F)(F)F)c(C=O)c2)cc1C=O. The van der Waals surface area contributed by atoms with Crippen LogP contribution in [0, 0.1) is 0 Å². The molecule has 0 atom stereocenters. The number of methoxy groups -OCH3 is 2. The first-order valence-electron chi connectivity index (χ1n) is 9.80. The van der Waals surface area contributed by atoms with Crippen LogP contribution < -0.4 is 9.47 Å². The number of carbonyl (C=O) groups is 3. The van der Waals surface area contributed by atoms with Gasteiger partial charge in [-0.2, -0.15) is 13.2 Å². The molecule has 6 nitrogen and oxygen atoms in total. The number of benzene rings is 3. The number of hydrogen-bond donors (Lipinski definition) is 1. The van der Waals surface area contributed by atoms with Gasteiger partial charge in [0.25, 0.3) is 0 Å². The zero-order valence-corrected chi connectivity index (χ0v) is 18.1. The molecule has 0 fully saturated rings. The summed E-state index contributed by atoms with van der Waals surface area (Å²) in [6.07, 6.45) is -3.75. The second-order valence-electron chi connectivity index (χ2n) is 7.28. The van der Waals surface area contributed by atoms with Gasteiger partial charge in [-0.3, -0.25) is 14.4 Å². The lowest BCUT2D eigenvalue weighted by Gasteiger charge is -2.31. The smallest absolute Gasteiger partial charge is 0.417 e. The minimum absolute atomic E-state index is 0.0441. The first-order valence-corrected chi connectivity index (χ1v) is 9.80. The number of aldehydes is 3. The van der Waals surface area contributed by atoms with E-state index in [2.05, 4.69) is 0 Å². The standard InChI is InChI=1S/C25H19F3O6/c1-33-22-7-4-19(10-16(22)13-30)24(32,20-5-8-23(34-2)17(11-20)14-31)18-3-6-21(25(26,27)28)15(9-18)12-29/h3-14,32H,1-2H3. The quantitative estimate of drug-likeness (QED) is 0.385. The average Bonchev–Trinajstić information content (AvgIpc) is 2.86. The second-order valence-corrected chi connectivity index (χ2v) is 7.28. The molecular formula is C25H19F3O6. The van der Waals surface area contributed by atoms with Crippen molar-refractivity contribution in [2.45, 2.75) is 11.8 Å². The summed E-state index contributed by atoms with van der Waals surface area (Å²) in [5, 5.41) is 12.0. The highest BCUT2D eigenvalue weighted by Crippen LogP contribution is 2.41. The Hall–Kier alpha value is -3.98. The molecule has 0 aliphatic heterocycles. The molecule has 0 radical (unpaired) electrons. The van der Waals surface area contributed by atoms with Crippen LogP contribution in [0.25, 0.3) is 0 Å². The topological polar surface area (TPSA) is 89.9 Å². The van der Waals surface area contributed by atoms with Crippen LogP contribution in [0.5, 0.6) is 11.5 Å². The molecule has 0 aromatic heterocycles. The molecule has 0 saturated carbocycles. The summed E-state index contributed by atoms with van der Waals surface area (Å²) in [6, 6.07) is 11.0. The van der Waals surface area contributed by atoms with Gasteiger partial charge in [0.15, 0.2) is 18.9 Å². The number of rotatable bonds is 8. The largest absolute Gasteiger partial charge is 0.496 e. The lowest BCUT2D eigenvalue weighted by atomic mass is 9.78. The second kappa shape index (κ2) is 9.48. The first-order chi connectivity index (χ1) is 16.1. The maximum atomic E-state index is 13.3. The van der Waals surface area contributed by atoms with E-state index in [0.29, 0.717) is 18.6 Å². The Bertz CT molecular complexity index is 1190. The van der Waals surface area contributed by atoms with Crippen LogP contribution in [0.1, 0.15) is 53.3 Å². The molecule has 0 saturated heterocycles. The van der Waals surface area contributed by atoms with Crippen molar-refractivity contribution in [3.05, 3.63) is 93.5 Å². The van der Waals surface area contributed by atoms with Crippen molar-refractivity contribution in [2.24, 2.45) is 0 Å². The molecule has 34 heavy (non-hydrogen) atoms. The van der Waals surface area contributed by atoms with E-state index in [9.17, 15) is 32.7 Å². The van der Waals surface area contributed by atoms with Gasteiger partial charge >= 0.3 is 6.18 Å². The van der Waals surface area contributed by atoms with Crippen molar-refractivity contribution in [3.63, 3.8) is 0 Å². The van der Waals surface area contributed by atoms with E-state index in [1.54, 1.807) is 0 Å². The number of ether oxygens (including phenoxy) is 2. The zero-order chi connectivity index (χ0) is 25.1. The zero-order valence-electron chi connectivity index (χ0n) is 18.1. The predicted octanol–water partition coefficient (Wildman–Crippen LogP) is 4.44. The maximum absolute atomic E-state index is 13.3. The summed E-state index contributed by atoms with van der Waals surface area (Å²) in [5.41, 5.74) is -3.77. The molecule has 0 aliphatic rings. The summed E-state index contributed by atoms with van der Waals surface area (Å²) >= 11 is 0. The summed E-state index contributed by atoms with van der Waals surface area (Å²) in [5.74, 6) is 0.427. The lowest BCUT2D eigenvalue weighted by Crippen LogP contribution is -2.30. The Kier molecular flexibility index (Phi) is 6.88. The van der Waals surface area contributed by atoms with E-state index in [1.807, 2.05) is 0 Å². The monoisotopic (exact) mass is 472 g/mol. The van der Waals surface area contributed by atoms with E-state index in [0.717, 1.165) is 12.1 Å². The molecule has 9 heteroatoms. The fourth-order valence-electron chi connectivity index (χ4n) is 3.75. The van der Waals surface area contributed by atoms with Crippen LogP contribution in [-0.4, -0.2) is 38.2 Å². The third-order valence-electron chi connectivity index (χ3n) is 5.45. The molecule has 0 heterocycles. The number of carbonyl (C=O) groups excluding carboxylic acids is 3. The number of halogens is 3. The van der Waals surface area contributed by atoms with E-state index in [4.69, 9.17) is 9.47 Å². The predicted molar refractivity (Wildman–Crippen MR) is 116 cm³/mol. The highest BCUT2D eigenvalue weighted by Gasteiger charge is 2.38. The Morgan fingerprint density at radius 2 is 1.06 bits per heavy atom. The van der Waals surface area contributed by atoms with Gasteiger partial charge in [0.1, 0.15) is 17.1 Å². The highest BCUT2D eigenvalue weighted by atomic mass is 19.4. The molecule has 0 bridgehead atoms. The Morgan fingerprint density at radius 3 is 1.41 bits per heavy atom. The third-order valence-corrected chi connectivity index (χ3v) is 5.45. The Labute approximate surface area is 192 Å². The van der Waals surface area contributed by atoms with Crippen LogP contribution in [0.15, 0.2) is 54.6 Å². The molecule has 0 unspecified atom stereocenters. The van der Waals surface area contributed by atoms with E-state index >= 15 is 0 Å². The summed E-state index contributed by atoms with van der Waals surface area (Å²) in [4.78, 5) is 34.7. The lowest BCUT2D eigenvalue weighted by molar-refractivity contribution is -0.137. The summed E-state index contributed by atoms with van der Waals surface area (Å²) < 4.78 is 50.3. The van der Waals surface area contributed by atoms with Gasteiger partial charge in [-0.15, -0.1) is 0 Å². The van der Waals surface area contributed by atoms with E-state index < -0.39 is 22.9 Å². The molecule has 0 aliphatic carbocycles. The first kappa shape index (κ1) is 24.7. The van der Waals surface area contributed by atoms with Gasteiger partial charge in [-0.05, 0) is 53.1 Å². The van der Waals surface area contributed by atoms with Crippen LogP contribution in [0.2, 0.25) is 0 Å². The molecule has 3 aromatic rings. The Balaban J connectivity index is 2.37. The summed E-state index contributed by atoms with van der Waals surface area (Å²) in [7, 11) is 2.69. The van der Waals surface area contributed by atoms with Crippen LogP contribution >= 0.6 is 0 Å². The van der Waals surface area contributed by atoms with Crippen molar-refractivity contribution in [2.75, 3.05) is 14.2 Å². The van der Waals surface area contributed by atoms with Crippen LogP contribution in [0.3, 0.4) is 0 Å². The number of hydrogen-bond acceptors (Lipinski definition) is 6. The molecule has 0 spiro atoms. The molecule has 0 amide bonds. The highest BCUT2D eigenvalue weighted by molar-refractivity contribution is 5.82. The van der Waals surface area contributed by atoms with Gasteiger partial charge in [0.2, 0.25) is 0 Å². The fraction of sp³-hybridized carbons (Fsp3) is 0.160. The molecule has 3 rings (SSSR count). The van der Waals surface area contributed by atoms with E-state index in [-0.39, 0.29) is 45.6 Å². The third kappa shape index (κ3) is 4.29. The van der Waals surface area contributed by atoms with Gasteiger partial charge in [-0.1, -0.05) is 18.2 Å². The summed E-state index contributed by atoms with van der Waals surface area (Å²) in [6.45, 7) is 0. The van der Waals surface area contributed by atoms with Crippen molar-refractivity contribution in [1.29, 1.82) is 0 Å². The number of alkyl halides is 3. The molecule has 3 aromatic carbocycles. The van der Waals surface area contributed by atoms with Gasteiger partial charge < -0.3 is 14.6 Å². The Morgan fingerprint density at radius 1 is 0.676 bits per heavy atom. The van der Waals surface area contributed by atoms with Crippen molar-refractivity contribution >= 4 is 18.9 Å². The van der Waals surface area contributed by atoms with Gasteiger partial charge in [-0.25, -0.2) is 0 Å². The van der Waals surface area contributed by atoms with Gasteiger partial charge in [0, 0.05) is 5.56 Å².